The van der Waals surface area contributed by atoms with Crippen molar-refractivity contribution in [1.82, 2.24) is 10.2 Å². The molecule has 150 valence electrons. The standard InChI is InChI=1S/C19H18ClN5O3S/c1-25(2)18-11-10-17(22-23-18)19(26)21-15-4-3-5-16(12-15)29(27,28)24-14-8-6-13(20)7-9-14/h3-12,24H,1-2H3,(H,21,26). The predicted octanol–water partition coefficient (Wildman–Crippen LogP) is 3.25. The number of nitrogens with one attached hydrogen (secondary N) is 2. The fourth-order valence-corrected chi connectivity index (χ4v) is 3.58. The molecule has 0 aliphatic rings. The van der Waals surface area contributed by atoms with E-state index < -0.39 is 15.9 Å². The summed E-state index contributed by atoms with van der Waals surface area (Å²) in [6.07, 6.45) is 0. The van der Waals surface area contributed by atoms with Gasteiger partial charge in [0.1, 0.15) is 0 Å². The fraction of sp³-hybridized carbons (Fsp3) is 0.105. The number of halogens is 1. The Hall–Kier alpha value is -3.17. The second-order valence-corrected chi connectivity index (χ2v) is 8.38. The number of amides is 1. The van der Waals surface area contributed by atoms with E-state index in [-0.39, 0.29) is 10.6 Å². The zero-order valence-corrected chi connectivity index (χ0v) is 17.2. The molecule has 8 nitrogen and oxygen atoms in total. The van der Waals surface area contributed by atoms with Gasteiger partial charge in [-0.3, -0.25) is 9.52 Å². The topological polar surface area (TPSA) is 104 Å². The Kier molecular flexibility index (Phi) is 6.00. The van der Waals surface area contributed by atoms with Gasteiger partial charge in [0.25, 0.3) is 15.9 Å². The molecule has 0 aliphatic carbocycles. The predicted molar refractivity (Wildman–Crippen MR) is 113 cm³/mol. The molecule has 2 aromatic carbocycles. The van der Waals surface area contributed by atoms with E-state index in [9.17, 15) is 13.2 Å². The number of benzene rings is 2. The number of aromatic nitrogens is 2. The molecule has 1 aromatic heterocycles. The van der Waals surface area contributed by atoms with Gasteiger partial charge in [0.2, 0.25) is 0 Å². The monoisotopic (exact) mass is 431 g/mol. The van der Waals surface area contributed by atoms with Crippen LogP contribution in [-0.4, -0.2) is 38.6 Å². The quantitative estimate of drug-likeness (QED) is 0.620. The minimum absolute atomic E-state index is 0.000658. The molecule has 0 aliphatic heterocycles. The van der Waals surface area contributed by atoms with Crippen LogP contribution >= 0.6 is 11.6 Å². The Labute approximate surface area is 173 Å². The first-order valence-electron chi connectivity index (χ1n) is 8.45. The van der Waals surface area contributed by atoms with Gasteiger partial charge in [-0.15, -0.1) is 10.2 Å². The SMILES string of the molecule is CN(C)c1ccc(C(=O)Nc2cccc(S(=O)(=O)Nc3ccc(Cl)cc3)c2)nn1. The molecule has 0 atom stereocenters. The van der Waals surface area contributed by atoms with Crippen molar-refractivity contribution >= 4 is 44.7 Å². The maximum absolute atomic E-state index is 12.6. The molecule has 1 heterocycles. The van der Waals surface area contributed by atoms with Crippen LogP contribution in [0.1, 0.15) is 10.5 Å². The molecule has 3 aromatic rings. The van der Waals surface area contributed by atoms with Crippen molar-refractivity contribution in [3.05, 3.63) is 71.4 Å². The number of sulfonamides is 1. The van der Waals surface area contributed by atoms with Gasteiger partial charge in [-0.05, 0) is 54.6 Å². The van der Waals surface area contributed by atoms with Gasteiger partial charge in [0.05, 0.1) is 4.90 Å². The second-order valence-electron chi connectivity index (χ2n) is 6.27. The maximum Gasteiger partial charge on any atom is 0.276 e. The van der Waals surface area contributed by atoms with Gasteiger partial charge in [-0.2, -0.15) is 0 Å². The van der Waals surface area contributed by atoms with Crippen LogP contribution in [0.3, 0.4) is 0 Å². The minimum Gasteiger partial charge on any atom is -0.361 e. The molecule has 1 amide bonds. The van der Waals surface area contributed by atoms with Crippen LogP contribution in [0.4, 0.5) is 17.2 Å². The Balaban J connectivity index is 1.76. The fourth-order valence-electron chi connectivity index (χ4n) is 2.35. The van der Waals surface area contributed by atoms with Gasteiger partial charge < -0.3 is 10.2 Å². The zero-order valence-electron chi connectivity index (χ0n) is 15.6. The van der Waals surface area contributed by atoms with E-state index in [0.29, 0.717) is 22.2 Å². The third-order valence-corrected chi connectivity index (χ3v) is 5.47. The molecule has 0 saturated heterocycles. The first-order chi connectivity index (χ1) is 13.7. The largest absolute Gasteiger partial charge is 0.361 e. The summed E-state index contributed by atoms with van der Waals surface area (Å²) < 4.78 is 27.7. The van der Waals surface area contributed by atoms with Crippen LogP contribution in [-0.2, 0) is 10.0 Å². The van der Waals surface area contributed by atoms with Gasteiger partial charge in [-0.1, -0.05) is 17.7 Å². The number of nitrogens with zero attached hydrogens (tertiary/aromatic N) is 3. The van der Waals surface area contributed by atoms with Gasteiger partial charge >= 0.3 is 0 Å². The van der Waals surface area contributed by atoms with Crippen molar-refractivity contribution in [1.29, 1.82) is 0 Å². The first kappa shape index (κ1) is 20.6. The van der Waals surface area contributed by atoms with E-state index in [4.69, 9.17) is 11.6 Å². The van der Waals surface area contributed by atoms with Crippen LogP contribution in [0.25, 0.3) is 0 Å². The van der Waals surface area contributed by atoms with E-state index in [0.717, 1.165) is 0 Å². The lowest BCUT2D eigenvalue weighted by Gasteiger charge is -2.11. The average Bonchev–Trinajstić information content (AvgIpc) is 2.70. The highest BCUT2D eigenvalue weighted by Crippen LogP contribution is 2.21. The minimum atomic E-state index is -3.84. The lowest BCUT2D eigenvalue weighted by atomic mass is 10.3. The van der Waals surface area contributed by atoms with Crippen LogP contribution in [0.2, 0.25) is 5.02 Å². The molecule has 0 fully saturated rings. The summed E-state index contributed by atoms with van der Waals surface area (Å²) in [5, 5.41) is 11.0. The smallest absolute Gasteiger partial charge is 0.276 e. The van der Waals surface area contributed by atoms with Crippen LogP contribution in [0.15, 0.2) is 65.6 Å². The summed E-state index contributed by atoms with van der Waals surface area (Å²) in [6.45, 7) is 0. The highest BCUT2D eigenvalue weighted by Gasteiger charge is 2.16. The summed E-state index contributed by atoms with van der Waals surface area (Å²) in [7, 11) is -0.216. The maximum atomic E-state index is 12.6. The van der Waals surface area contributed by atoms with Gasteiger partial charge in [0.15, 0.2) is 11.5 Å². The van der Waals surface area contributed by atoms with E-state index >= 15 is 0 Å². The Bertz CT molecular complexity index is 1120. The van der Waals surface area contributed by atoms with E-state index in [1.54, 1.807) is 47.4 Å². The Morgan fingerprint density at radius 2 is 1.69 bits per heavy atom. The molecule has 0 saturated carbocycles. The lowest BCUT2D eigenvalue weighted by molar-refractivity contribution is 0.102. The van der Waals surface area contributed by atoms with Crippen molar-refractivity contribution in [3.63, 3.8) is 0 Å². The van der Waals surface area contributed by atoms with E-state index in [1.165, 1.54) is 18.2 Å². The van der Waals surface area contributed by atoms with Crippen LogP contribution < -0.4 is 14.9 Å². The zero-order chi connectivity index (χ0) is 21.0. The van der Waals surface area contributed by atoms with Gasteiger partial charge in [0, 0.05) is 30.5 Å². The summed E-state index contributed by atoms with van der Waals surface area (Å²) >= 11 is 5.81. The first-order valence-corrected chi connectivity index (χ1v) is 10.3. The number of hydrogen-bond donors (Lipinski definition) is 2. The summed E-state index contributed by atoms with van der Waals surface area (Å²) in [5.74, 6) is 0.117. The van der Waals surface area contributed by atoms with E-state index in [2.05, 4.69) is 20.2 Å². The molecular weight excluding hydrogens is 414 g/mol. The van der Waals surface area contributed by atoms with Crippen molar-refractivity contribution < 1.29 is 13.2 Å². The molecule has 0 radical (unpaired) electrons. The van der Waals surface area contributed by atoms with Crippen LogP contribution in [0.5, 0.6) is 0 Å². The summed E-state index contributed by atoms with van der Waals surface area (Å²) in [5.41, 5.74) is 0.802. The van der Waals surface area contributed by atoms with Crippen molar-refractivity contribution in [2.45, 2.75) is 4.90 Å². The average molecular weight is 432 g/mol. The Morgan fingerprint density at radius 1 is 0.966 bits per heavy atom. The third kappa shape index (κ3) is 5.21. The molecule has 0 bridgehead atoms. The number of anilines is 3. The summed E-state index contributed by atoms with van der Waals surface area (Å²) in [6, 6.07) is 15.4. The summed E-state index contributed by atoms with van der Waals surface area (Å²) in [4.78, 5) is 14.1. The molecule has 0 spiro atoms. The third-order valence-electron chi connectivity index (χ3n) is 3.84. The molecule has 29 heavy (non-hydrogen) atoms. The van der Waals surface area contributed by atoms with Gasteiger partial charge in [-0.25, -0.2) is 8.42 Å². The number of carbonyl (C=O) groups excluding carboxylic acids is 1. The second kappa shape index (κ2) is 8.46. The highest BCUT2D eigenvalue weighted by atomic mass is 35.5. The number of hydrogen-bond acceptors (Lipinski definition) is 6. The highest BCUT2D eigenvalue weighted by molar-refractivity contribution is 7.92. The van der Waals surface area contributed by atoms with Crippen molar-refractivity contribution in [2.24, 2.45) is 0 Å². The Morgan fingerprint density at radius 3 is 2.31 bits per heavy atom. The molecule has 2 N–H and O–H groups in total. The number of carbonyl (C=O) groups is 1. The van der Waals surface area contributed by atoms with Crippen LogP contribution in [0, 0.1) is 0 Å². The molecular formula is C19H18ClN5O3S. The molecule has 0 unspecified atom stereocenters. The normalized spacial score (nSPS) is 11.0. The lowest BCUT2D eigenvalue weighted by Crippen LogP contribution is -2.17. The van der Waals surface area contributed by atoms with Crippen molar-refractivity contribution in [3.8, 4) is 0 Å². The molecule has 10 heteroatoms. The van der Waals surface area contributed by atoms with E-state index in [1.807, 2.05) is 14.1 Å². The number of rotatable bonds is 6. The molecule has 3 rings (SSSR count). The van der Waals surface area contributed by atoms with Crippen molar-refractivity contribution in [2.75, 3.05) is 29.0 Å².